The summed E-state index contributed by atoms with van der Waals surface area (Å²) in [6, 6.07) is 6.97. The van der Waals surface area contributed by atoms with E-state index in [-0.39, 0.29) is 0 Å². The van der Waals surface area contributed by atoms with Crippen LogP contribution in [0.1, 0.15) is 0 Å². The van der Waals surface area contributed by atoms with Crippen molar-refractivity contribution in [1.29, 1.82) is 0 Å². The van der Waals surface area contributed by atoms with Crippen LogP contribution < -0.4 is 9.92 Å². The second-order valence-corrected chi connectivity index (χ2v) is 2.53. The molecule has 0 fully saturated rings. The van der Waals surface area contributed by atoms with E-state index in [0.717, 1.165) is 0 Å². The van der Waals surface area contributed by atoms with Gasteiger partial charge < -0.3 is 0 Å². The number of benzene rings is 1. The quantitative estimate of drug-likeness (QED) is 0.513. The van der Waals surface area contributed by atoms with Gasteiger partial charge in [0, 0.05) is 0 Å². The van der Waals surface area contributed by atoms with Crippen molar-refractivity contribution in [3.05, 3.63) is 24.3 Å². The van der Waals surface area contributed by atoms with Crippen molar-refractivity contribution >= 4 is 17.0 Å². The molecule has 1 aromatic rings. The summed E-state index contributed by atoms with van der Waals surface area (Å²) in [6.07, 6.45) is 0. The Morgan fingerprint density at radius 3 is 2.20 bits per heavy atom. The van der Waals surface area contributed by atoms with E-state index < -0.39 is 7.12 Å². The molecule has 4 heteroatoms. The molecule has 0 aliphatic heterocycles. The molecule has 10 heavy (non-hydrogen) atoms. The molecule has 0 atom stereocenters. The molecule has 0 amide bonds. The minimum absolute atomic E-state index is 0.488. The van der Waals surface area contributed by atoms with Crippen LogP contribution in [0.2, 0.25) is 0 Å². The van der Waals surface area contributed by atoms with Crippen molar-refractivity contribution in [1.82, 2.24) is 0 Å². The van der Waals surface area contributed by atoms with Gasteiger partial charge in [0.2, 0.25) is 0 Å². The van der Waals surface area contributed by atoms with Crippen LogP contribution in [0.15, 0.2) is 24.3 Å². The number of hydrogen-bond acceptors (Lipinski definition) is 2. The maximum atomic E-state index is 8.73. The van der Waals surface area contributed by atoms with E-state index in [9.17, 15) is 0 Å². The fourth-order valence-electron chi connectivity index (χ4n) is 0.684. The van der Waals surface area contributed by atoms with Gasteiger partial charge >= 0.3 is 67.4 Å². The molecule has 0 aliphatic carbocycles. The molecule has 0 radical (unpaired) electrons. The van der Waals surface area contributed by atoms with Crippen LogP contribution in [0, 0.1) is 0 Å². The van der Waals surface area contributed by atoms with Gasteiger partial charge in [-0.3, -0.25) is 0 Å². The van der Waals surface area contributed by atoms with Gasteiger partial charge in [-0.15, -0.1) is 0 Å². The van der Waals surface area contributed by atoms with Crippen LogP contribution in [-0.4, -0.2) is 17.2 Å². The summed E-state index contributed by atoms with van der Waals surface area (Å²) in [4.78, 5) is 0. The van der Waals surface area contributed by atoms with Crippen molar-refractivity contribution < 1.29 is 26.1 Å². The molecule has 0 aliphatic rings. The molecule has 52 valence electrons. The van der Waals surface area contributed by atoms with Gasteiger partial charge in [0.15, 0.2) is 0 Å². The van der Waals surface area contributed by atoms with E-state index in [1.807, 2.05) is 6.07 Å². The van der Waals surface area contributed by atoms with Crippen LogP contribution in [0.4, 0.5) is 0 Å². The van der Waals surface area contributed by atoms with E-state index in [0.29, 0.717) is 9.92 Å². The van der Waals surface area contributed by atoms with Gasteiger partial charge in [-0.25, -0.2) is 0 Å². The van der Waals surface area contributed by atoms with Gasteiger partial charge in [0.1, 0.15) is 0 Å². The molecule has 0 spiro atoms. The Bertz CT molecular complexity index is 227. The molecular formula is C6H6BMnO2. The van der Waals surface area contributed by atoms with Gasteiger partial charge in [0.25, 0.3) is 0 Å². The average Bonchev–Trinajstić information content (AvgIpc) is 1.88. The topological polar surface area (TPSA) is 40.5 Å². The first-order valence-electron chi connectivity index (χ1n) is 2.82. The summed E-state index contributed by atoms with van der Waals surface area (Å²) in [7, 11) is -1.39. The third-order valence-electron chi connectivity index (χ3n) is 1.18. The summed E-state index contributed by atoms with van der Waals surface area (Å²) < 4.78 is 0.713. The predicted octanol–water partition coefficient (Wildman–Crippen LogP) is -1.46. The molecule has 0 unspecified atom stereocenters. The maximum absolute atomic E-state index is 8.73. The molecule has 2 nitrogen and oxygen atoms in total. The first-order valence-corrected chi connectivity index (χ1v) is 3.41. The normalized spacial score (nSPS) is 9.50. The first kappa shape index (κ1) is 7.83. The molecule has 1 rings (SSSR count). The SMILES string of the molecule is OB(O)c1cccc[c]1[Mn]. The van der Waals surface area contributed by atoms with E-state index in [1.54, 1.807) is 18.2 Å². The second kappa shape index (κ2) is 3.22. The van der Waals surface area contributed by atoms with E-state index in [1.165, 1.54) is 0 Å². The van der Waals surface area contributed by atoms with Gasteiger partial charge in [-0.1, -0.05) is 0 Å². The predicted molar refractivity (Wildman–Crippen MR) is 35.9 cm³/mol. The van der Waals surface area contributed by atoms with Crippen molar-refractivity contribution in [2.45, 2.75) is 0 Å². The Hall–Kier alpha value is -0.276. The Kier molecular flexibility index (Phi) is 2.52. The summed E-state index contributed by atoms with van der Waals surface area (Å²) in [5.41, 5.74) is 0.488. The minimum atomic E-state index is -1.39. The monoisotopic (exact) mass is 176 g/mol. The average molecular weight is 176 g/mol. The third-order valence-corrected chi connectivity index (χ3v) is 1.72. The third kappa shape index (κ3) is 1.61. The summed E-state index contributed by atoms with van der Waals surface area (Å²) >= 11 is 3.18. The molecule has 0 saturated heterocycles. The van der Waals surface area contributed by atoms with Crippen LogP contribution >= 0.6 is 0 Å². The van der Waals surface area contributed by atoms with Crippen LogP contribution in [-0.2, 0) is 16.0 Å². The molecule has 0 bridgehead atoms. The van der Waals surface area contributed by atoms with Crippen molar-refractivity contribution in [2.24, 2.45) is 0 Å². The van der Waals surface area contributed by atoms with E-state index in [4.69, 9.17) is 10.0 Å². The molecule has 0 heterocycles. The zero-order valence-corrected chi connectivity index (χ0v) is 6.34. The molecular weight excluding hydrogens is 170 g/mol. The van der Waals surface area contributed by atoms with Crippen molar-refractivity contribution in [2.75, 3.05) is 0 Å². The van der Waals surface area contributed by atoms with Gasteiger partial charge in [0.05, 0.1) is 0 Å². The summed E-state index contributed by atoms with van der Waals surface area (Å²) in [6.45, 7) is 0. The van der Waals surface area contributed by atoms with Crippen LogP contribution in [0.3, 0.4) is 0 Å². The molecule has 1 aromatic carbocycles. The Morgan fingerprint density at radius 2 is 1.80 bits per heavy atom. The Labute approximate surface area is 67.8 Å². The van der Waals surface area contributed by atoms with Gasteiger partial charge in [-0.2, -0.15) is 0 Å². The van der Waals surface area contributed by atoms with Crippen LogP contribution in [0.25, 0.3) is 0 Å². The first-order chi connectivity index (χ1) is 4.72. The second-order valence-electron chi connectivity index (χ2n) is 1.90. The van der Waals surface area contributed by atoms with Crippen LogP contribution in [0.5, 0.6) is 0 Å². The van der Waals surface area contributed by atoms with E-state index >= 15 is 0 Å². The summed E-state index contributed by atoms with van der Waals surface area (Å²) in [5.74, 6) is 0. The Balaban J connectivity index is 3.03. The fraction of sp³-hybridized carbons (Fsp3) is 0. The van der Waals surface area contributed by atoms with E-state index in [2.05, 4.69) is 16.0 Å². The summed E-state index contributed by atoms with van der Waals surface area (Å²) in [5, 5.41) is 17.5. The zero-order chi connectivity index (χ0) is 7.56. The number of hydrogen-bond donors (Lipinski definition) is 2. The molecule has 0 aromatic heterocycles. The van der Waals surface area contributed by atoms with Crippen molar-refractivity contribution in [3.8, 4) is 0 Å². The fourth-order valence-corrected chi connectivity index (χ4v) is 1.05. The molecule has 0 saturated carbocycles. The Morgan fingerprint density at radius 1 is 1.20 bits per heavy atom. The van der Waals surface area contributed by atoms with Crippen molar-refractivity contribution in [3.63, 3.8) is 0 Å². The zero-order valence-electron chi connectivity index (χ0n) is 5.16. The standard InChI is InChI=1S/C6H6BO2.Mn/c8-7(9)6-4-2-1-3-5-6;/h1-4,8-9H;. The molecule has 2 N–H and O–H groups in total. The number of rotatable bonds is 1. The van der Waals surface area contributed by atoms with Gasteiger partial charge in [-0.05, 0) is 0 Å².